The lowest BCUT2D eigenvalue weighted by atomic mass is 9.98. The highest BCUT2D eigenvalue weighted by Gasteiger charge is 2.26. The third-order valence-electron chi connectivity index (χ3n) is 7.97. The second-order valence-electron chi connectivity index (χ2n) is 10.5. The Kier molecular flexibility index (Phi) is 7.74. The number of hydrogen-bond acceptors (Lipinski definition) is 6. The van der Waals surface area contributed by atoms with E-state index in [9.17, 15) is 4.79 Å². The fourth-order valence-electron chi connectivity index (χ4n) is 5.68. The number of nitrogens with zero attached hydrogens (tertiary/aromatic N) is 5. The summed E-state index contributed by atoms with van der Waals surface area (Å²) in [6, 6.07) is 16.7. The van der Waals surface area contributed by atoms with Gasteiger partial charge in [-0.05, 0) is 67.3 Å². The molecule has 2 fully saturated rings. The Labute approximate surface area is 226 Å². The van der Waals surface area contributed by atoms with Gasteiger partial charge >= 0.3 is 0 Å². The SMILES string of the molecule is Cc1cc(C)c(C(=O)N2CCN(c3ncccc3C=N)CC2)cc1CN1CCN(c2ccccc2C)CC1. The molecule has 7 nitrogen and oxygen atoms in total. The maximum absolute atomic E-state index is 13.6. The number of aryl methyl sites for hydroxylation is 3. The summed E-state index contributed by atoms with van der Waals surface area (Å²) < 4.78 is 0. The highest BCUT2D eigenvalue weighted by Crippen LogP contribution is 2.24. The third kappa shape index (κ3) is 5.43. The van der Waals surface area contributed by atoms with Crippen LogP contribution >= 0.6 is 0 Å². The van der Waals surface area contributed by atoms with E-state index in [-0.39, 0.29) is 5.91 Å². The molecule has 1 amide bonds. The molecule has 0 spiro atoms. The van der Waals surface area contributed by atoms with E-state index in [4.69, 9.17) is 5.41 Å². The minimum atomic E-state index is 0.112. The molecule has 0 bridgehead atoms. The fraction of sp³-hybridized carbons (Fsp3) is 0.387. The van der Waals surface area contributed by atoms with E-state index in [1.807, 2.05) is 24.0 Å². The number of carbonyl (C=O) groups excluding carboxylic acids is 1. The first kappa shape index (κ1) is 25.9. The fourth-order valence-corrected chi connectivity index (χ4v) is 5.68. The topological polar surface area (TPSA) is 66.8 Å². The molecule has 1 aromatic heterocycles. The average Bonchev–Trinajstić information content (AvgIpc) is 2.95. The molecular formula is C31H38N6O. The zero-order valence-corrected chi connectivity index (χ0v) is 22.8. The molecular weight excluding hydrogens is 472 g/mol. The number of para-hydroxylation sites is 1. The summed E-state index contributed by atoms with van der Waals surface area (Å²) in [6.07, 6.45) is 3.11. The zero-order valence-electron chi connectivity index (χ0n) is 22.8. The molecule has 2 aliphatic heterocycles. The summed E-state index contributed by atoms with van der Waals surface area (Å²) in [6.45, 7) is 14.0. The smallest absolute Gasteiger partial charge is 0.254 e. The summed E-state index contributed by atoms with van der Waals surface area (Å²) in [5, 5.41) is 7.67. The van der Waals surface area contributed by atoms with Gasteiger partial charge in [-0.3, -0.25) is 9.69 Å². The van der Waals surface area contributed by atoms with Crippen molar-refractivity contribution in [2.45, 2.75) is 27.3 Å². The number of piperazine rings is 2. The molecule has 3 heterocycles. The molecule has 5 rings (SSSR count). The summed E-state index contributed by atoms with van der Waals surface area (Å²) in [4.78, 5) is 27.2. The van der Waals surface area contributed by atoms with E-state index < -0.39 is 0 Å². The van der Waals surface area contributed by atoms with Crippen LogP contribution in [0.2, 0.25) is 0 Å². The maximum Gasteiger partial charge on any atom is 0.254 e. The van der Waals surface area contributed by atoms with E-state index in [0.717, 1.165) is 55.2 Å². The summed E-state index contributed by atoms with van der Waals surface area (Å²) in [5.41, 5.74) is 7.82. The molecule has 2 aliphatic rings. The van der Waals surface area contributed by atoms with Gasteiger partial charge in [-0.2, -0.15) is 0 Å². The Hall–Kier alpha value is -3.71. The second-order valence-corrected chi connectivity index (χ2v) is 10.5. The summed E-state index contributed by atoms with van der Waals surface area (Å²) in [5.74, 6) is 0.937. The molecule has 0 atom stereocenters. The standard InChI is InChI=1S/C31H38N6O/c1-23-7-4-5-9-29(23)35-13-11-34(12-14-35)22-27-20-28(25(3)19-24(27)2)31(38)37-17-15-36(16-18-37)30-26(21-32)8-6-10-33-30/h4-10,19-21,32H,11-18,22H2,1-3H3. The number of anilines is 2. The minimum absolute atomic E-state index is 0.112. The molecule has 7 heteroatoms. The normalized spacial score (nSPS) is 16.6. The number of benzene rings is 2. The first-order valence-electron chi connectivity index (χ1n) is 13.6. The van der Waals surface area contributed by atoms with E-state index in [1.165, 1.54) is 28.6 Å². The van der Waals surface area contributed by atoms with Gasteiger partial charge in [0.25, 0.3) is 5.91 Å². The van der Waals surface area contributed by atoms with Crippen molar-refractivity contribution in [3.05, 3.63) is 88.1 Å². The van der Waals surface area contributed by atoms with Crippen molar-refractivity contribution in [2.24, 2.45) is 0 Å². The van der Waals surface area contributed by atoms with Crippen molar-refractivity contribution < 1.29 is 4.79 Å². The number of rotatable bonds is 6. The largest absolute Gasteiger partial charge is 0.369 e. The van der Waals surface area contributed by atoms with Gasteiger partial charge in [0.15, 0.2) is 0 Å². The highest BCUT2D eigenvalue weighted by atomic mass is 16.2. The first-order valence-corrected chi connectivity index (χ1v) is 13.6. The Morgan fingerprint density at radius 2 is 1.55 bits per heavy atom. The van der Waals surface area contributed by atoms with Crippen molar-refractivity contribution >= 4 is 23.6 Å². The summed E-state index contributed by atoms with van der Waals surface area (Å²) >= 11 is 0. The van der Waals surface area contributed by atoms with Gasteiger partial charge in [-0.15, -0.1) is 0 Å². The quantitative estimate of drug-likeness (QED) is 0.501. The average molecular weight is 511 g/mol. The number of nitrogens with one attached hydrogen (secondary N) is 1. The molecule has 2 aromatic carbocycles. The molecule has 2 saturated heterocycles. The molecule has 3 aromatic rings. The van der Waals surface area contributed by atoms with Crippen LogP contribution in [0.3, 0.4) is 0 Å². The van der Waals surface area contributed by atoms with Crippen LogP contribution in [0.5, 0.6) is 0 Å². The lowest BCUT2D eigenvalue weighted by Gasteiger charge is -2.37. The van der Waals surface area contributed by atoms with Crippen LogP contribution in [-0.2, 0) is 6.54 Å². The Morgan fingerprint density at radius 1 is 0.842 bits per heavy atom. The number of aromatic nitrogens is 1. The van der Waals surface area contributed by atoms with Crippen LogP contribution in [0.15, 0.2) is 54.7 Å². The predicted molar refractivity (Wildman–Crippen MR) is 155 cm³/mol. The van der Waals surface area contributed by atoms with E-state index >= 15 is 0 Å². The zero-order chi connectivity index (χ0) is 26.6. The Balaban J connectivity index is 1.23. The second kappa shape index (κ2) is 11.4. The Morgan fingerprint density at radius 3 is 2.26 bits per heavy atom. The van der Waals surface area contributed by atoms with Crippen molar-refractivity contribution in [3.8, 4) is 0 Å². The molecule has 38 heavy (non-hydrogen) atoms. The molecule has 1 N–H and O–H groups in total. The summed E-state index contributed by atoms with van der Waals surface area (Å²) in [7, 11) is 0. The number of amides is 1. The lowest BCUT2D eigenvalue weighted by Crippen LogP contribution is -2.49. The van der Waals surface area contributed by atoms with E-state index in [0.29, 0.717) is 26.2 Å². The number of hydrogen-bond donors (Lipinski definition) is 1. The van der Waals surface area contributed by atoms with Gasteiger partial charge in [-0.25, -0.2) is 4.98 Å². The number of carbonyl (C=O) groups is 1. The van der Waals surface area contributed by atoms with Gasteiger partial charge in [0, 0.05) is 88.1 Å². The van der Waals surface area contributed by atoms with Crippen LogP contribution in [-0.4, -0.2) is 79.3 Å². The van der Waals surface area contributed by atoms with E-state index in [2.05, 4.69) is 69.9 Å². The van der Waals surface area contributed by atoms with Crippen LogP contribution < -0.4 is 9.80 Å². The van der Waals surface area contributed by atoms with Crippen molar-refractivity contribution in [1.82, 2.24) is 14.8 Å². The van der Waals surface area contributed by atoms with Crippen LogP contribution in [0.25, 0.3) is 0 Å². The third-order valence-corrected chi connectivity index (χ3v) is 7.97. The predicted octanol–water partition coefficient (Wildman–Crippen LogP) is 4.29. The van der Waals surface area contributed by atoms with Gasteiger partial charge in [-0.1, -0.05) is 24.3 Å². The maximum atomic E-state index is 13.6. The minimum Gasteiger partial charge on any atom is -0.369 e. The van der Waals surface area contributed by atoms with Gasteiger partial charge < -0.3 is 20.1 Å². The van der Waals surface area contributed by atoms with Crippen molar-refractivity contribution in [1.29, 1.82) is 5.41 Å². The Bertz CT molecular complexity index is 1310. The monoisotopic (exact) mass is 510 g/mol. The van der Waals surface area contributed by atoms with Crippen LogP contribution in [0.1, 0.15) is 38.2 Å². The van der Waals surface area contributed by atoms with Crippen molar-refractivity contribution in [2.75, 3.05) is 62.2 Å². The van der Waals surface area contributed by atoms with Gasteiger partial charge in [0.1, 0.15) is 5.82 Å². The first-order chi connectivity index (χ1) is 18.4. The van der Waals surface area contributed by atoms with Gasteiger partial charge in [0.05, 0.1) is 0 Å². The number of pyridine rings is 1. The molecule has 0 saturated carbocycles. The van der Waals surface area contributed by atoms with E-state index in [1.54, 1.807) is 6.20 Å². The highest BCUT2D eigenvalue weighted by molar-refractivity contribution is 5.96. The lowest BCUT2D eigenvalue weighted by molar-refractivity contribution is 0.0745. The van der Waals surface area contributed by atoms with Crippen molar-refractivity contribution in [3.63, 3.8) is 0 Å². The molecule has 0 unspecified atom stereocenters. The molecule has 0 radical (unpaired) electrons. The molecule has 198 valence electrons. The van der Waals surface area contributed by atoms with Crippen LogP contribution in [0, 0.1) is 26.2 Å². The molecule has 0 aliphatic carbocycles. The van der Waals surface area contributed by atoms with Crippen LogP contribution in [0.4, 0.5) is 11.5 Å². The van der Waals surface area contributed by atoms with Gasteiger partial charge in [0.2, 0.25) is 0 Å².